The molecule has 2 aliphatic heterocycles. The molecule has 2 atom stereocenters. The van der Waals surface area contributed by atoms with Crippen LogP contribution in [0, 0.1) is 5.92 Å². The average Bonchev–Trinajstić information content (AvgIpc) is 2.99. The Morgan fingerprint density at radius 2 is 1.78 bits per heavy atom. The van der Waals surface area contributed by atoms with Gasteiger partial charge < -0.3 is 14.0 Å². The molecular formula is C16H24BNO5. The Labute approximate surface area is 137 Å². The minimum Gasteiger partial charge on any atom is -0.447 e. The number of ether oxygens (including phenoxy) is 1. The van der Waals surface area contributed by atoms with Crippen LogP contribution in [0.15, 0.2) is 12.2 Å². The van der Waals surface area contributed by atoms with Crippen LogP contribution in [-0.4, -0.2) is 48.4 Å². The van der Waals surface area contributed by atoms with Crippen LogP contribution >= 0.6 is 0 Å². The van der Waals surface area contributed by atoms with Crippen molar-refractivity contribution in [3.63, 3.8) is 0 Å². The fraction of sp³-hybridized carbons (Fsp3) is 0.750. The molecule has 6 nitrogen and oxygen atoms in total. The Morgan fingerprint density at radius 1 is 1.17 bits per heavy atom. The molecule has 0 aromatic carbocycles. The lowest BCUT2D eigenvalue weighted by Crippen LogP contribution is -2.43. The Kier molecular flexibility index (Phi) is 4.05. The van der Waals surface area contributed by atoms with Gasteiger partial charge in [-0.2, -0.15) is 0 Å². The highest BCUT2D eigenvalue weighted by Crippen LogP contribution is 2.45. The molecule has 0 aromatic rings. The minimum absolute atomic E-state index is 0.0954. The third kappa shape index (κ3) is 2.80. The highest BCUT2D eigenvalue weighted by Gasteiger charge is 2.56. The van der Waals surface area contributed by atoms with Crippen molar-refractivity contribution in [3.05, 3.63) is 12.2 Å². The molecule has 2 saturated heterocycles. The first kappa shape index (κ1) is 16.5. The maximum Gasteiger partial charge on any atom is 0.462 e. The third-order valence-electron chi connectivity index (χ3n) is 5.45. The van der Waals surface area contributed by atoms with Crippen LogP contribution in [0.3, 0.4) is 0 Å². The summed E-state index contributed by atoms with van der Waals surface area (Å²) in [5, 5.41) is 0. The molecule has 2 amide bonds. The second-order valence-electron chi connectivity index (χ2n) is 7.44. The van der Waals surface area contributed by atoms with Gasteiger partial charge in [0, 0.05) is 11.7 Å². The fourth-order valence-corrected chi connectivity index (χ4v) is 3.28. The molecule has 0 unspecified atom stereocenters. The van der Waals surface area contributed by atoms with E-state index in [9.17, 15) is 9.59 Å². The van der Waals surface area contributed by atoms with E-state index in [0.717, 1.165) is 0 Å². The maximum atomic E-state index is 12.8. The van der Waals surface area contributed by atoms with Gasteiger partial charge in [-0.05, 0) is 40.5 Å². The number of allylic oxidation sites excluding steroid dienone is 2. The number of carbonyl (C=O) groups excluding carboxylic acids is 2. The first-order valence-electron chi connectivity index (χ1n) is 8.22. The standard InChI is InChI=1S/C16H24BNO5/c1-15(2)16(3,4)23-17(22-15)12-8-6-5-7-11(12)13(19)18-9-10-21-14(18)20/h5-6,11-12H,7-10H2,1-4H3/t11-,12-/m1/s1. The van der Waals surface area contributed by atoms with Gasteiger partial charge >= 0.3 is 13.2 Å². The molecule has 0 N–H and O–H groups in total. The van der Waals surface area contributed by atoms with Crippen LogP contribution in [0.2, 0.25) is 5.82 Å². The first-order valence-corrected chi connectivity index (χ1v) is 8.22. The van der Waals surface area contributed by atoms with Crippen molar-refractivity contribution in [2.45, 2.75) is 57.6 Å². The highest BCUT2D eigenvalue weighted by atomic mass is 16.7. The second kappa shape index (κ2) is 5.63. The van der Waals surface area contributed by atoms with E-state index >= 15 is 0 Å². The van der Waals surface area contributed by atoms with Gasteiger partial charge in [0.15, 0.2) is 0 Å². The highest BCUT2D eigenvalue weighted by molar-refractivity contribution is 6.48. The second-order valence-corrected chi connectivity index (χ2v) is 7.44. The number of rotatable bonds is 2. The van der Waals surface area contributed by atoms with Crippen LogP contribution in [0.5, 0.6) is 0 Å². The average molecular weight is 321 g/mol. The summed E-state index contributed by atoms with van der Waals surface area (Å²) in [6.07, 6.45) is 4.80. The largest absolute Gasteiger partial charge is 0.462 e. The summed E-state index contributed by atoms with van der Waals surface area (Å²) >= 11 is 0. The van der Waals surface area contributed by atoms with Crippen LogP contribution in [0.4, 0.5) is 4.79 Å². The number of imide groups is 1. The van der Waals surface area contributed by atoms with Crippen LogP contribution < -0.4 is 0 Å². The smallest absolute Gasteiger partial charge is 0.447 e. The molecule has 1 aliphatic carbocycles. The molecule has 0 radical (unpaired) electrons. The summed E-state index contributed by atoms with van der Waals surface area (Å²) in [4.78, 5) is 25.7. The molecular weight excluding hydrogens is 297 g/mol. The van der Waals surface area contributed by atoms with Gasteiger partial charge in [-0.25, -0.2) is 9.69 Å². The van der Waals surface area contributed by atoms with Crippen LogP contribution in [0.1, 0.15) is 40.5 Å². The van der Waals surface area contributed by atoms with Gasteiger partial charge in [0.1, 0.15) is 6.61 Å². The van der Waals surface area contributed by atoms with Crippen molar-refractivity contribution in [1.29, 1.82) is 0 Å². The zero-order chi connectivity index (χ0) is 16.8. The Morgan fingerprint density at radius 3 is 2.35 bits per heavy atom. The number of nitrogens with zero attached hydrogens (tertiary/aromatic N) is 1. The number of amides is 2. The Bertz CT molecular complexity index is 529. The maximum absolute atomic E-state index is 12.8. The lowest BCUT2D eigenvalue weighted by Gasteiger charge is -2.32. The van der Waals surface area contributed by atoms with E-state index in [-0.39, 0.29) is 24.2 Å². The predicted molar refractivity (Wildman–Crippen MR) is 84.8 cm³/mol. The van der Waals surface area contributed by atoms with Gasteiger partial charge in [0.25, 0.3) is 0 Å². The molecule has 126 valence electrons. The molecule has 3 aliphatic rings. The van der Waals surface area contributed by atoms with E-state index in [1.54, 1.807) is 0 Å². The van der Waals surface area contributed by atoms with Crippen molar-refractivity contribution in [2.24, 2.45) is 5.92 Å². The van der Waals surface area contributed by atoms with E-state index in [0.29, 0.717) is 19.4 Å². The summed E-state index contributed by atoms with van der Waals surface area (Å²) in [5.41, 5.74) is -0.863. The molecule has 23 heavy (non-hydrogen) atoms. The first-order chi connectivity index (χ1) is 10.7. The molecule has 0 aromatic heterocycles. The van der Waals surface area contributed by atoms with Crippen molar-refractivity contribution >= 4 is 19.1 Å². The topological polar surface area (TPSA) is 65.1 Å². The summed E-state index contributed by atoms with van der Waals surface area (Å²) in [6, 6.07) is 0. The lowest BCUT2D eigenvalue weighted by molar-refractivity contribution is -0.132. The van der Waals surface area contributed by atoms with E-state index < -0.39 is 24.4 Å². The quantitative estimate of drug-likeness (QED) is 0.577. The van der Waals surface area contributed by atoms with E-state index in [1.807, 2.05) is 33.8 Å². The Hall–Kier alpha value is -1.34. The van der Waals surface area contributed by atoms with Crippen molar-refractivity contribution < 1.29 is 23.6 Å². The zero-order valence-electron chi connectivity index (χ0n) is 14.2. The summed E-state index contributed by atoms with van der Waals surface area (Å²) in [7, 11) is -0.447. The summed E-state index contributed by atoms with van der Waals surface area (Å²) in [5.74, 6) is -0.598. The molecule has 0 saturated carbocycles. The van der Waals surface area contributed by atoms with Crippen LogP contribution in [-0.2, 0) is 18.8 Å². The molecule has 2 heterocycles. The zero-order valence-corrected chi connectivity index (χ0v) is 14.2. The van der Waals surface area contributed by atoms with Gasteiger partial charge in [0.2, 0.25) is 5.91 Å². The monoisotopic (exact) mass is 321 g/mol. The normalized spacial score (nSPS) is 32.3. The van der Waals surface area contributed by atoms with Crippen molar-refractivity contribution in [1.82, 2.24) is 4.90 Å². The van der Waals surface area contributed by atoms with E-state index in [1.165, 1.54) is 4.90 Å². The molecule has 3 rings (SSSR count). The number of hydrogen-bond acceptors (Lipinski definition) is 5. The number of hydrogen-bond donors (Lipinski definition) is 0. The van der Waals surface area contributed by atoms with Gasteiger partial charge in [0.05, 0.1) is 17.7 Å². The molecule has 7 heteroatoms. The summed E-state index contributed by atoms with van der Waals surface area (Å²) in [6.45, 7) is 8.60. The Balaban J connectivity index is 1.79. The summed E-state index contributed by atoms with van der Waals surface area (Å²) < 4.78 is 17.2. The lowest BCUT2D eigenvalue weighted by atomic mass is 9.60. The number of cyclic esters (lactones) is 1. The van der Waals surface area contributed by atoms with E-state index in [2.05, 4.69) is 6.08 Å². The van der Waals surface area contributed by atoms with Crippen molar-refractivity contribution in [3.8, 4) is 0 Å². The number of carbonyl (C=O) groups is 2. The fourth-order valence-electron chi connectivity index (χ4n) is 3.28. The van der Waals surface area contributed by atoms with Gasteiger partial charge in [-0.3, -0.25) is 4.79 Å². The molecule has 2 fully saturated rings. The minimum atomic E-state index is -0.544. The van der Waals surface area contributed by atoms with Crippen LogP contribution in [0.25, 0.3) is 0 Å². The predicted octanol–water partition coefficient (Wildman–Crippen LogP) is 2.39. The SMILES string of the molecule is CC1(C)OB([C@@H]2CC=CC[C@H]2C(=O)N2CCOC2=O)OC1(C)C. The molecule has 0 bridgehead atoms. The van der Waals surface area contributed by atoms with E-state index in [4.69, 9.17) is 14.0 Å². The molecule has 0 spiro atoms. The third-order valence-corrected chi connectivity index (χ3v) is 5.45. The van der Waals surface area contributed by atoms with Gasteiger partial charge in [-0.1, -0.05) is 12.2 Å². The van der Waals surface area contributed by atoms with Crippen molar-refractivity contribution in [2.75, 3.05) is 13.2 Å². The van der Waals surface area contributed by atoms with Gasteiger partial charge in [-0.15, -0.1) is 0 Å².